The highest BCUT2D eigenvalue weighted by Crippen LogP contribution is 2.32. The van der Waals surface area contributed by atoms with Gasteiger partial charge in [-0.2, -0.15) is 0 Å². The smallest absolute Gasteiger partial charge is 0.267 e. The highest BCUT2D eigenvalue weighted by atomic mass is 16.5. The van der Waals surface area contributed by atoms with E-state index in [1.165, 1.54) is 0 Å². The lowest BCUT2D eigenvalue weighted by Gasteiger charge is -2.23. The van der Waals surface area contributed by atoms with Gasteiger partial charge in [-0.1, -0.05) is 36.4 Å². The van der Waals surface area contributed by atoms with E-state index in [2.05, 4.69) is 10.2 Å². The molecule has 0 atom stereocenters. The van der Waals surface area contributed by atoms with Gasteiger partial charge in [0.1, 0.15) is 11.4 Å². The summed E-state index contributed by atoms with van der Waals surface area (Å²) in [6, 6.07) is 25.5. The zero-order valence-electron chi connectivity index (χ0n) is 23.6. The van der Waals surface area contributed by atoms with Crippen molar-refractivity contribution in [2.24, 2.45) is 0 Å². The molecule has 0 saturated carbocycles. The number of fused-ring (bicyclic) bond motifs is 2. The summed E-state index contributed by atoms with van der Waals surface area (Å²) in [5.74, 6) is 0.631. The largest absolute Gasteiger partial charge is 0.497 e. The maximum Gasteiger partial charge on any atom is 0.267 e. The fraction of sp³-hybridized carbons (Fsp3) is 0.273. The number of amides is 2. The quantitative estimate of drug-likeness (QED) is 0.308. The highest BCUT2D eigenvalue weighted by molar-refractivity contribution is 6.07. The third-order valence-electron chi connectivity index (χ3n) is 7.40. The maximum absolute atomic E-state index is 14.0. The molecule has 40 heavy (non-hydrogen) atoms. The number of rotatable bonds is 8. The topological polar surface area (TPSA) is 66.8 Å². The second-order valence-electron chi connectivity index (χ2n) is 10.5. The number of benzene rings is 3. The molecule has 7 heteroatoms. The number of hydrogen-bond donors (Lipinski definition) is 1. The van der Waals surface area contributed by atoms with E-state index in [1.54, 1.807) is 7.11 Å². The molecule has 7 nitrogen and oxygen atoms in total. The summed E-state index contributed by atoms with van der Waals surface area (Å²) in [4.78, 5) is 31.0. The van der Waals surface area contributed by atoms with Gasteiger partial charge in [0.2, 0.25) is 0 Å². The first-order chi connectivity index (χ1) is 19.4. The van der Waals surface area contributed by atoms with Crippen LogP contribution in [0.1, 0.15) is 44.1 Å². The molecule has 0 saturated heterocycles. The minimum atomic E-state index is -0.0916. The molecular weight excluding hydrogens is 500 g/mol. The molecule has 1 aromatic heterocycles. The van der Waals surface area contributed by atoms with E-state index in [4.69, 9.17) is 4.74 Å². The van der Waals surface area contributed by atoms with Crippen molar-refractivity contribution in [3.8, 4) is 16.9 Å². The lowest BCUT2D eigenvalue weighted by molar-refractivity contribution is 0.0942. The van der Waals surface area contributed by atoms with Crippen molar-refractivity contribution in [2.75, 3.05) is 39.2 Å². The number of hydrogen-bond acceptors (Lipinski definition) is 4. The second kappa shape index (κ2) is 11.8. The van der Waals surface area contributed by atoms with Crippen LogP contribution in [0.5, 0.6) is 5.75 Å². The Hall–Kier alpha value is -4.36. The molecule has 0 spiro atoms. The van der Waals surface area contributed by atoms with Crippen molar-refractivity contribution in [1.82, 2.24) is 14.8 Å². The van der Waals surface area contributed by atoms with Gasteiger partial charge >= 0.3 is 0 Å². The van der Waals surface area contributed by atoms with Crippen LogP contribution in [-0.4, -0.2) is 55.6 Å². The molecule has 1 N–H and O–H groups in total. The standard InChI is InChI=1S/C33H36N4O3/c1-23-19-25(13-15-29(23)24-10-7-11-28(20-24)40-4)33(39)37-22-27-14-16-31(32(38)34-17-8-18-35(2)3)36(27)21-26-9-5-6-12-30(26)37/h5-7,9-16,19-20H,8,17-18,21-22H2,1-4H3,(H,34,38). The van der Waals surface area contributed by atoms with Crippen LogP contribution in [0.2, 0.25) is 0 Å². The van der Waals surface area contributed by atoms with Crippen LogP contribution in [0.3, 0.4) is 0 Å². The van der Waals surface area contributed by atoms with E-state index in [0.29, 0.717) is 30.9 Å². The Balaban J connectivity index is 1.42. The number of para-hydroxylation sites is 1. The molecule has 206 valence electrons. The molecule has 5 rings (SSSR count). The Morgan fingerprint density at radius 1 is 0.950 bits per heavy atom. The zero-order chi connectivity index (χ0) is 28.2. The fourth-order valence-electron chi connectivity index (χ4n) is 5.29. The zero-order valence-corrected chi connectivity index (χ0v) is 23.6. The Kier molecular flexibility index (Phi) is 8.03. The van der Waals surface area contributed by atoms with Gasteiger partial charge in [-0.05, 0) is 98.7 Å². The molecule has 2 amide bonds. The molecule has 4 aromatic rings. The van der Waals surface area contributed by atoms with Crippen LogP contribution >= 0.6 is 0 Å². The summed E-state index contributed by atoms with van der Waals surface area (Å²) in [5.41, 5.74) is 7.13. The van der Waals surface area contributed by atoms with Gasteiger partial charge in [0.25, 0.3) is 11.8 Å². The van der Waals surface area contributed by atoms with E-state index >= 15 is 0 Å². The summed E-state index contributed by atoms with van der Waals surface area (Å²) >= 11 is 0. The number of ether oxygens (including phenoxy) is 1. The van der Waals surface area contributed by atoms with E-state index in [1.807, 2.05) is 109 Å². The number of nitrogens with one attached hydrogen (secondary N) is 1. The number of carbonyl (C=O) groups excluding carboxylic acids is 2. The van der Waals surface area contributed by atoms with Crippen LogP contribution in [0.15, 0.2) is 78.9 Å². The van der Waals surface area contributed by atoms with E-state index in [-0.39, 0.29) is 11.8 Å². The van der Waals surface area contributed by atoms with Crippen molar-refractivity contribution in [3.05, 3.63) is 107 Å². The molecule has 0 bridgehead atoms. The average Bonchev–Trinajstić information content (AvgIpc) is 3.27. The lowest BCUT2D eigenvalue weighted by atomic mass is 9.97. The van der Waals surface area contributed by atoms with Crippen molar-refractivity contribution < 1.29 is 14.3 Å². The van der Waals surface area contributed by atoms with Gasteiger partial charge in [-0.15, -0.1) is 0 Å². The van der Waals surface area contributed by atoms with Crippen molar-refractivity contribution in [1.29, 1.82) is 0 Å². The minimum absolute atomic E-state index is 0.0721. The van der Waals surface area contributed by atoms with E-state index in [0.717, 1.165) is 52.4 Å². The van der Waals surface area contributed by atoms with Gasteiger partial charge < -0.3 is 24.4 Å². The predicted octanol–water partition coefficient (Wildman–Crippen LogP) is 5.36. The molecule has 3 aromatic carbocycles. The minimum Gasteiger partial charge on any atom is -0.497 e. The normalized spacial score (nSPS) is 12.5. The molecule has 0 aliphatic carbocycles. The van der Waals surface area contributed by atoms with Crippen molar-refractivity contribution in [2.45, 2.75) is 26.4 Å². The van der Waals surface area contributed by atoms with Gasteiger partial charge in [0.05, 0.1) is 20.2 Å². The Morgan fingerprint density at radius 2 is 1.77 bits per heavy atom. The Morgan fingerprint density at radius 3 is 2.55 bits per heavy atom. The summed E-state index contributed by atoms with van der Waals surface area (Å²) < 4.78 is 7.42. The molecular formula is C33H36N4O3. The van der Waals surface area contributed by atoms with Gasteiger partial charge in [0, 0.05) is 23.5 Å². The maximum atomic E-state index is 14.0. The predicted molar refractivity (Wildman–Crippen MR) is 159 cm³/mol. The molecule has 0 radical (unpaired) electrons. The monoisotopic (exact) mass is 536 g/mol. The number of aromatic nitrogens is 1. The molecule has 0 unspecified atom stereocenters. The van der Waals surface area contributed by atoms with E-state index in [9.17, 15) is 9.59 Å². The van der Waals surface area contributed by atoms with Crippen molar-refractivity contribution >= 4 is 17.5 Å². The molecule has 1 aliphatic heterocycles. The molecule has 2 heterocycles. The second-order valence-corrected chi connectivity index (χ2v) is 10.5. The SMILES string of the molecule is COc1cccc(-c2ccc(C(=O)N3Cc4ccc(C(=O)NCCCN(C)C)n4Cc4ccccc43)cc2C)c1. The third-order valence-corrected chi connectivity index (χ3v) is 7.40. The summed E-state index contributed by atoms with van der Waals surface area (Å²) in [7, 11) is 5.70. The van der Waals surface area contributed by atoms with Crippen LogP contribution in [0, 0.1) is 6.92 Å². The van der Waals surface area contributed by atoms with E-state index < -0.39 is 0 Å². The van der Waals surface area contributed by atoms with Gasteiger partial charge in [0.15, 0.2) is 0 Å². The number of carbonyl (C=O) groups is 2. The first-order valence-electron chi connectivity index (χ1n) is 13.6. The van der Waals surface area contributed by atoms with Crippen molar-refractivity contribution in [3.63, 3.8) is 0 Å². The summed E-state index contributed by atoms with van der Waals surface area (Å²) in [5, 5.41) is 3.05. The van der Waals surface area contributed by atoms with Crippen LogP contribution in [-0.2, 0) is 13.1 Å². The highest BCUT2D eigenvalue weighted by Gasteiger charge is 2.27. The van der Waals surface area contributed by atoms with Crippen LogP contribution < -0.4 is 15.0 Å². The fourth-order valence-corrected chi connectivity index (χ4v) is 5.29. The number of aryl methyl sites for hydroxylation is 1. The van der Waals surface area contributed by atoms with Crippen LogP contribution in [0.25, 0.3) is 11.1 Å². The first-order valence-corrected chi connectivity index (χ1v) is 13.6. The summed E-state index contributed by atoms with van der Waals surface area (Å²) in [6.45, 7) is 4.45. The first kappa shape index (κ1) is 27.2. The third kappa shape index (κ3) is 5.65. The number of methoxy groups -OCH3 is 1. The lowest BCUT2D eigenvalue weighted by Crippen LogP contribution is -2.31. The summed E-state index contributed by atoms with van der Waals surface area (Å²) in [6.07, 6.45) is 0.882. The van der Waals surface area contributed by atoms with Gasteiger partial charge in [-0.3, -0.25) is 9.59 Å². The average molecular weight is 537 g/mol. The molecule has 1 aliphatic rings. The number of nitrogens with zero attached hydrogens (tertiary/aromatic N) is 3. The number of anilines is 1. The molecule has 0 fully saturated rings. The Labute approximate surface area is 236 Å². The Bertz CT molecular complexity index is 1540. The van der Waals surface area contributed by atoms with Gasteiger partial charge in [-0.25, -0.2) is 0 Å². The van der Waals surface area contributed by atoms with Crippen LogP contribution in [0.4, 0.5) is 5.69 Å².